The molecule has 0 aliphatic carbocycles. The highest BCUT2D eigenvalue weighted by Crippen LogP contribution is 2.16. The van der Waals surface area contributed by atoms with E-state index in [1.54, 1.807) is 7.11 Å². The third-order valence-electron chi connectivity index (χ3n) is 3.74. The molecule has 116 valence electrons. The lowest BCUT2D eigenvalue weighted by atomic mass is 10.0. The Morgan fingerprint density at radius 3 is 2.85 bits per heavy atom. The summed E-state index contributed by atoms with van der Waals surface area (Å²) in [6.07, 6.45) is 2.66. The van der Waals surface area contributed by atoms with Gasteiger partial charge in [0.2, 0.25) is 0 Å². The largest absolute Gasteiger partial charge is 0.481 e. The number of ether oxygens (including phenoxy) is 1. The first-order chi connectivity index (χ1) is 9.52. The fraction of sp³-hybridized carbons (Fsp3) is 0.857. The topological polar surface area (TPSA) is 78.9 Å². The molecule has 2 atom stereocenters. The highest BCUT2D eigenvalue weighted by Gasteiger charge is 2.25. The van der Waals surface area contributed by atoms with Gasteiger partial charge in [-0.2, -0.15) is 0 Å². The van der Waals surface area contributed by atoms with Gasteiger partial charge in [-0.3, -0.25) is 4.79 Å². The number of urea groups is 1. The van der Waals surface area contributed by atoms with Gasteiger partial charge in [0.05, 0.1) is 6.61 Å². The molecule has 1 rings (SSSR count). The number of rotatable bonds is 8. The minimum absolute atomic E-state index is 0.0194. The van der Waals surface area contributed by atoms with Gasteiger partial charge in [-0.1, -0.05) is 6.92 Å². The first-order valence-electron chi connectivity index (χ1n) is 7.26. The molecule has 2 N–H and O–H groups in total. The molecule has 6 heteroatoms. The van der Waals surface area contributed by atoms with Crippen LogP contribution in [0.15, 0.2) is 0 Å². The number of aliphatic carboxylic acids is 1. The maximum atomic E-state index is 11.9. The Morgan fingerprint density at radius 2 is 2.20 bits per heavy atom. The molecule has 6 nitrogen and oxygen atoms in total. The molecule has 1 saturated heterocycles. The lowest BCUT2D eigenvalue weighted by Crippen LogP contribution is -2.39. The highest BCUT2D eigenvalue weighted by molar-refractivity contribution is 5.74. The summed E-state index contributed by atoms with van der Waals surface area (Å²) in [4.78, 5) is 24.2. The van der Waals surface area contributed by atoms with Crippen LogP contribution in [0.5, 0.6) is 0 Å². The molecule has 1 aliphatic heterocycles. The second kappa shape index (κ2) is 8.79. The predicted molar refractivity (Wildman–Crippen MR) is 75.6 cm³/mol. The van der Waals surface area contributed by atoms with Gasteiger partial charge < -0.3 is 20.1 Å². The molecule has 0 saturated carbocycles. The normalized spacial score (nSPS) is 19.9. The van der Waals surface area contributed by atoms with Crippen molar-refractivity contribution in [3.05, 3.63) is 0 Å². The average molecular weight is 286 g/mol. The second-order valence-corrected chi connectivity index (χ2v) is 5.61. The van der Waals surface area contributed by atoms with E-state index < -0.39 is 5.97 Å². The second-order valence-electron chi connectivity index (χ2n) is 5.61. The third-order valence-corrected chi connectivity index (χ3v) is 3.74. The summed E-state index contributed by atoms with van der Waals surface area (Å²) in [5.74, 6) is -0.00593. The van der Waals surface area contributed by atoms with Gasteiger partial charge >= 0.3 is 12.0 Å². The molecule has 0 aromatic heterocycles. The smallest absolute Gasteiger partial charge is 0.317 e. The monoisotopic (exact) mass is 286 g/mol. The van der Waals surface area contributed by atoms with Crippen LogP contribution in [0.3, 0.4) is 0 Å². The van der Waals surface area contributed by atoms with Crippen LogP contribution in [0.25, 0.3) is 0 Å². The van der Waals surface area contributed by atoms with Gasteiger partial charge in [-0.15, -0.1) is 0 Å². The maximum absolute atomic E-state index is 11.9. The van der Waals surface area contributed by atoms with Gasteiger partial charge in [0.25, 0.3) is 0 Å². The zero-order chi connectivity index (χ0) is 15.0. The van der Waals surface area contributed by atoms with Gasteiger partial charge in [-0.05, 0) is 25.2 Å². The highest BCUT2D eigenvalue weighted by atomic mass is 16.5. The van der Waals surface area contributed by atoms with E-state index in [2.05, 4.69) is 5.32 Å². The molecule has 1 fully saturated rings. The third kappa shape index (κ3) is 6.23. The number of carbonyl (C=O) groups is 2. The van der Waals surface area contributed by atoms with Crippen molar-refractivity contribution in [1.82, 2.24) is 10.2 Å². The summed E-state index contributed by atoms with van der Waals surface area (Å²) in [6.45, 7) is 4.86. The summed E-state index contributed by atoms with van der Waals surface area (Å²) < 4.78 is 5.11. The fourth-order valence-corrected chi connectivity index (χ4v) is 2.44. The predicted octanol–water partition coefficient (Wildman–Crippen LogP) is 1.56. The Kier molecular flexibility index (Phi) is 7.36. The Balaban J connectivity index is 2.12. The lowest BCUT2D eigenvalue weighted by Gasteiger charge is -2.18. The SMILES string of the molecule is COCC1CCN(C(=O)NCCC(C)CCC(=O)O)C1. The van der Waals surface area contributed by atoms with Crippen molar-refractivity contribution in [1.29, 1.82) is 0 Å². The number of likely N-dealkylation sites (tertiary alicyclic amines) is 1. The minimum atomic E-state index is -0.762. The molecular weight excluding hydrogens is 260 g/mol. The van der Waals surface area contributed by atoms with Crippen molar-refractivity contribution in [2.45, 2.75) is 32.6 Å². The van der Waals surface area contributed by atoms with Crippen LogP contribution in [0.4, 0.5) is 4.79 Å². The number of carbonyl (C=O) groups excluding carboxylic acids is 1. The van der Waals surface area contributed by atoms with Crippen molar-refractivity contribution in [3.63, 3.8) is 0 Å². The average Bonchev–Trinajstić information content (AvgIpc) is 2.85. The molecule has 0 aromatic rings. The molecule has 20 heavy (non-hydrogen) atoms. The molecule has 2 unspecified atom stereocenters. The number of hydrogen-bond acceptors (Lipinski definition) is 3. The first-order valence-corrected chi connectivity index (χ1v) is 7.26. The fourth-order valence-electron chi connectivity index (χ4n) is 2.44. The number of carboxylic acids is 1. The molecule has 0 radical (unpaired) electrons. The zero-order valence-electron chi connectivity index (χ0n) is 12.4. The van der Waals surface area contributed by atoms with Crippen LogP contribution in [0.1, 0.15) is 32.6 Å². The minimum Gasteiger partial charge on any atom is -0.481 e. The van der Waals surface area contributed by atoms with E-state index in [1.165, 1.54) is 0 Å². The van der Waals surface area contributed by atoms with Crippen molar-refractivity contribution in [2.75, 3.05) is 33.4 Å². The number of carboxylic acid groups (broad SMARTS) is 1. The van der Waals surface area contributed by atoms with Gasteiger partial charge in [0, 0.05) is 39.1 Å². The van der Waals surface area contributed by atoms with E-state index in [9.17, 15) is 9.59 Å². The number of nitrogens with zero attached hydrogens (tertiary/aromatic N) is 1. The first kappa shape index (κ1) is 16.8. The molecule has 2 amide bonds. The molecule has 1 heterocycles. The Bertz CT molecular complexity index is 322. The quantitative estimate of drug-likeness (QED) is 0.709. The Morgan fingerprint density at radius 1 is 1.45 bits per heavy atom. The summed E-state index contributed by atoms with van der Waals surface area (Å²) in [5.41, 5.74) is 0. The van der Waals surface area contributed by atoms with Crippen LogP contribution < -0.4 is 5.32 Å². The van der Waals surface area contributed by atoms with Crippen LogP contribution >= 0.6 is 0 Å². The standard InChI is InChI=1S/C14H26N2O4/c1-11(3-4-13(17)18)5-7-15-14(19)16-8-6-12(9-16)10-20-2/h11-12H,3-10H2,1-2H3,(H,15,19)(H,17,18). The van der Waals surface area contributed by atoms with E-state index in [0.717, 1.165) is 25.9 Å². The van der Waals surface area contributed by atoms with Gasteiger partial charge in [0.15, 0.2) is 0 Å². The number of methoxy groups -OCH3 is 1. The van der Waals surface area contributed by atoms with E-state index >= 15 is 0 Å². The van der Waals surface area contributed by atoms with Crippen LogP contribution in [0.2, 0.25) is 0 Å². The lowest BCUT2D eigenvalue weighted by molar-refractivity contribution is -0.137. The summed E-state index contributed by atoms with van der Waals surface area (Å²) in [5, 5.41) is 11.5. The summed E-state index contributed by atoms with van der Waals surface area (Å²) in [6, 6.07) is -0.0194. The maximum Gasteiger partial charge on any atom is 0.317 e. The summed E-state index contributed by atoms with van der Waals surface area (Å²) >= 11 is 0. The van der Waals surface area contributed by atoms with E-state index in [4.69, 9.17) is 9.84 Å². The van der Waals surface area contributed by atoms with Crippen molar-refractivity contribution in [3.8, 4) is 0 Å². The number of nitrogens with one attached hydrogen (secondary N) is 1. The van der Waals surface area contributed by atoms with E-state index in [-0.39, 0.29) is 12.5 Å². The van der Waals surface area contributed by atoms with Crippen molar-refractivity contribution >= 4 is 12.0 Å². The van der Waals surface area contributed by atoms with Crippen molar-refractivity contribution in [2.24, 2.45) is 11.8 Å². The molecule has 0 spiro atoms. The molecular formula is C14H26N2O4. The Labute approximate surface area is 120 Å². The van der Waals surface area contributed by atoms with E-state index in [0.29, 0.717) is 31.4 Å². The van der Waals surface area contributed by atoms with Crippen LogP contribution in [-0.4, -0.2) is 55.4 Å². The number of amides is 2. The molecule has 0 aromatic carbocycles. The Hall–Kier alpha value is -1.30. The van der Waals surface area contributed by atoms with Gasteiger partial charge in [-0.25, -0.2) is 4.79 Å². The number of hydrogen-bond donors (Lipinski definition) is 2. The summed E-state index contributed by atoms with van der Waals surface area (Å²) in [7, 11) is 1.68. The van der Waals surface area contributed by atoms with Crippen LogP contribution in [0, 0.1) is 11.8 Å². The molecule has 1 aliphatic rings. The van der Waals surface area contributed by atoms with Crippen LogP contribution in [-0.2, 0) is 9.53 Å². The van der Waals surface area contributed by atoms with Crippen molar-refractivity contribution < 1.29 is 19.4 Å². The molecule has 0 bridgehead atoms. The van der Waals surface area contributed by atoms with Gasteiger partial charge in [0.1, 0.15) is 0 Å². The van der Waals surface area contributed by atoms with E-state index in [1.807, 2.05) is 11.8 Å². The zero-order valence-corrected chi connectivity index (χ0v) is 12.4.